The number of thiazole rings is 1. The molecular formula is C71H82N10O22S2. The van der Waals surface area contributed by atoms with Gasteiger partial charge >= 0.3 is 18.0 Å². The summed E-state index contributed by atoms with van der Waals surface area (Å²) in [5.41, 5.74) is 4.26. The normalized spacial score (nSPS) is 24.9. The third-order valence-corrected chi connectivity index (χ3v) is 21.8. The van der Waals surface area contributed by atoms with Crippen LogP contribution in [0.25, 0.3) is 21.3 Å². The summed E-state index contributed by atoms with van der Waals surface area (Å²) in [6.07, 6.45) is -1.25. The first-order valence-electron chi connectivity index (χ1n) is 34.2. The number of amides is 6. The van der Waals surface area contributed by atoms with Crippen molar-refractivity contribution < 1.29 is 105 Å². The van der Waals surface area contributed by atoms with Crippen LogP contribution in [0.1, 0.15) is 102 Å². The fraction of sp³-hybridized carbons (Fsp3) is 0.479. The average Bonchev–Trinajstić information content (AvgIpc) is 1.60. The largest absolute Gasteiger partial charge is 0.491 e. The van der Waals surface area contributed by atoms with Crippen molar-refractivity contribution in [1.29, 1.82) is 0 Å². The van der Waals surface area contributed by atoms with Gasteiger partial charge < -0.3 is 74.4 Å². The van der Waals surface area contributed by atoms with Gasteiger partial charge in [0, 0.05) is 98.9 Å². The number of carbonyl (C=O) groups excluding carboxylic acids is 6. The number of anilines is 2. The lowest BCUT2D eigenvalue weighted by Gasteiger charge is -2.69. The molecule has 3 aromatic carbocycles. The van der Waals surface area contributed by atoms with Crippen molar-refractivity contribution in [2.24, 2.45) is 16.2 Å². The van der Waals surface area contributed by atoms with E-state index >= 15 is 0 Å². The van der Waals surface area contributed by atoms with E-state index in [1.165, 1.54) is 34.4 Å². The molecule has 3 aliphatic heterocycles. The lowest BCUT2D eigenvalue weighted by molar-refractivity contribution is -0.271. The Morgan fingerprint density at radius 2 is 1.60 bits per heavy atom. The van der Waals surface area contributed by atoms with Gasteiger partial charge in [-0.1, -0.05) is 49.4 Å². The highest BCUT2D eigenvalue weighted by molar-refractivity contribution is 7.85. The van der Waals surface area contributed by atoms with E-state index in [0.29, 0.717) is 53.7 Å². The number of carbonyl (C=O) groups is 8. The van der Waals surface area contributed by atoms with Gasteiger partial charge in [-0.05, 0) is 122 Å². The molecule has 4 saturated carbocycles. The van der Waals surface area contributed by atoms with E-state index in [4.69, 9.17) is 38.5 Å². The molecule has 105 heavy (non-hydrogen) atoms. The zero-order valence-corrected chi connectivity index (χ0v) is 59.6. The second-order valence-electron chi connectivity index (χ2n) is 28.6. The SMILES string of the molecule is Cc1c(-c2ccc(N3CCc4cccc(C(=O)Nc5nc6ccccc6s5)c4C3)nc2C(=O)O)cnn1CC12CC3(C)CC(C)(C1)CC(OCCN(C)C(=O)OCc1ccc(O[C@@H]4O[C@H](C(=O)O)C(O)[C@H](O)C4O)cc1OCCOCCNC(=O)[C@H](CS(=O)(=O)O)NC(=O)CCN1C(=O)C=CC1=O)(C3)C2. The van der Waals surface area contributed by atoms with Crippen LogP contribution in [0.4, 0.5) is 15.7 Å². The first-order chi connectivity index (χ1) is 49.9. The minimum absolute atomic E-state index is 0.0414. The molecule has 34 heteroatoms. The Bertz CT molecular complexity index is 4460. The number of aliphatic hydroxyl groups excluding tert-OH is 3. The number of aromatic nitrogens is 4. The zero-order chi connectivity index (χ0) is 74.9. The lowest BCUT2D eigenvalue weighted by atomic mass is 9.39. The monoisotopic (exact) mass is 1490 g/mol. The molecule has 32 nitrogen and oxygen atoms in total. The van der Waals surface area contributed by atoms with Gasteiger partial charge in [0.2, 0.25) is 18.1 Å². The second-order valence-corrected chi connectivity index (χ2v) is 31.1. The van der Waals surface area contributed by atoms with Crippen LogP contribution < -0.4 is 30.3 Å². The van der Waals surface area contributed by atoms with Crippen molar-refractivity contribution in [3.63, 3.8) is 0 Å². The number of benzene rings is 3. The predicted octanol–water partition coefficient (Wildman–Crippen LogP) is 4.25. The molecule has 0 radical (unpaired) electrons. The van der Waals surface area contributed by atoms with Crippen LogP contribution in [0.5, 0.6) is 11.5 Å². The first-order valence-corrected chi connectivity index (χ1v) is 36.6. The van der Waals surface area contributed by atoms with Crippen LogP contribution in [0, 0.1) is 23.2 Å². The molecule has 6 amide bonds. The number of aliphatic hydroxyl groups is 3. The molecule has 13 rings (SSSR count). The van der Waals surface area contributed by atoms with E-state index in [0.717, 1.165) is 82.6 Å². The maximum Gasteiger partial charge on any atom is 0.409 e. The Balaban J connectivity index is 0.658. The number of hydrogen-bond acceptors (Lipinski definition) is 24. The highest BCUT2D eigenvalue weighted by Gasteiger charge is 2.66. The minimum Gasteiger partial charge on any atom is -0.491 e. The van der Waals surface area contributed by atoms with Crippen molar-refractivity contribution in [3.05, 3.63) is 125 Å². The summed E-state index contributed by atoms with van der Waals surface area (Å²) in [7, 11) is -3.23. The Hall–Kier alpha value is -9.52. The molecule has 4 unspecified atom stereocenters. The van der Waals surface area contributed by atoms with E-state index < -0.39 is 106 Å². The Morgan fingerprint density at radius 3 is 2.32 bits per heavy atom. The Labute approximate surface area is 606 Å². The minimum atomic E-state index is -4.80. The topological polar surface area (TPSA) is 437 Å². The fourth-order valence-electron chi connectivity index (χ4n) is 16.5. The van der Waals surface area contributed by atoms with Gasteiger partial charge in [-0.3, -0.25) is 43.4 Å². The van der Waals surface area contributed by atoms with Gasteiger partial charge in [0.15, 0.2) is 16.9 Å². The molecule has 1 saturated heterocycles. The smallest absolute Gasteiger partial charge is 0.409 e. The van der Waals surface area contributed by atoms with Gasteiger partial charge in [0.05, 0.1) is 41.8 Å². The lowest BCUT2D eigenvalue weighted by Crippen LogP contribution is -2.64. The van der Waals surface area contributed by atoms with Crippen LogP contribution in [0.15, 0.2) is 91.1 Å². The molecular weight excluding hydrogens is 1410 g/mol. The number of nitrogens with zero attached hydrogens (tertiary/aromatic N) is 7. The number of likely N-dealkylation sites (N-methyl/N-ethyl adjacent to an activating group) is 1. The van der Waals surface area contributed by atoms with Crippen LogP contribution in [0.3, 0.4) is 0 Å². The van der Waals surface area contributed by atoms with Gasteiger partial charge in [0.25, 0.3) is 27.8 Å². The number of nitrogens with one attached hydrogen (secondary N) is 3. The van der Waals surface area contributed by atoms with E-state index in [9.17, 15) is 76.9 Å². The summed E-state index contributed by atoms with van der Waals surface area (Å²) in [6.45, 7) is 6.84. The van der Waals surface area contributed by atoms with Gasteiger partial charge in [-0.25, -0.2) is 24.4 Å². The molecule has 8 atom stereocenters. The van der Waals surface area contributed by atoms with Crippen LogP contribution in [0.2, 0.25) is 0 Å². The van der Waals surface area contributed by atoms with Crippen LogP contribution >= 0.6 is 11.3 Å². The summed E-state index contributed by atoms with van der Waals surface area (Å²) >= 11 is 1.40. The molecule has 6 aromatic rings. The van der Waals surface area contributed by atoms with Gasteiger partial charge in [-0.15, -0.1) is 0 Å². The number of hydrogen-bond donors (Lipinski definition) is 9. The van der Waals surface area contributed by atoms with E-state index in [1.54, 1.807) is 25.4 Å². The number of imide groups is 1. The summed E-state index contributed by atoms with van der Waals surface area (Å²) in [6, 6.07) is 19.3. The van der Waals surface area contributed by atoms with Gasteiger partial charge in [0.1, 0.15) is 60.6 Å². The molecule has 3 aromatic heterocycles. The molecule has 6 heterocycles. The number of pyridine rings is 1. The number of carboxylic acids is 2. The third-order valence-electron chi connectivity index (χ3n) is 20.1. The van der Waals surface area contributed by atoms with Crippen LogP contribution in [-0.4, -0.2) is 223 Å². The Morgan fingerprint density at radius 1 is 0.848 bits per heavy atom. The predicted molar refractivity (Wildman–Crippen MR) is 373 cm³/mol. The molecule has 0 spiro atoms. The summed E-state index contributed by atoms with van der Waals surface area (Å²) < 4.78 is 71.4. The summed E-state index contributed by atoms with van der Waals surface area (Å²) in [4.78, 5) is 116. The quantitative estimate of drug-likeness (QED) is 0.0173. The number of para-hydroxylation sites is 1. The van der Waals surface area contributed by atoms with E-state index in [1.807, 2.05) is 59.0 Å². The molecule has 5 fully saturated rings. The van der Waals surface area contributed by atoms with Crippen LogP contribution in [-0.2, 0) is 79.2 Å². The molecule has 4 bridgehead atoms. The van der Waals surface area contributed by atoms with E-state index in [-0.39, 0.29) is 97.6 Å². The first kappa shape index (κ1) is 75.2. The van der Waals surface area contributed by atoms with Crippen molar-refractivity contribution in [2.75, 3.05) is 75.6 Å². The number of aromatic carboxylic acids is 1. The van der Waals surface area contributed by atoms with Crippen molar-refractivity contribution in [1.82, 2.24) is 40.2 Å². The third kappa shape index (κ3) is 17.1. The second kappa shape index (κ2) is 30.5. The summed E-state index contributed by atoms with van der Waals surface area (Å²) in [5.74, 6) is -7.09. The number of carboxylic acid groups (broad SMARTS) is 2. The zero-order valence-electron chi connectivity index (χ0n) is 57.9. The average molecular weight is 1490 g/mol. The molecule has 7 aliphatic rings. The molecule has 4 aliphatic carbocycles. The van der Waals surface area contributed by atoms with E-state index in [2.05, 4.69) is 34.8 Å². The molecule has 9 N–H and O–H groups in total. The number of aliphatic carboxylic acids is 1. The fourth-order valence-corrected chi connectivity index (χ4v) is 18.0. The highest BCUT2D eigenvalue weighted by Crippen LogP contribution is 2.72. The standard InChI is InChI=1S/C71H82N10O22S2/c1-40-46(44-14-15-52(76-56(44)63(90)91)79-21-18-41-8-7-9-45(47(41)30-79)61(88)77-66-75-48-10-5-6-11-51(48)104-66)29-73-81(40)39-70-34-68(2)33-69(3,35-70)37-71(36-68,38-70)101-25-23-78(4)67(94)100-31-42-12-13-43(102-65-59(87)57(85)58(86)60(103-65)64(92)93)28-50(42)99-27-26-98-24-20-72-62(89)49(32-105(95,96)97)74-53(82)19-22-80-54(83)16-17-55(80)84/h5-17,28-29,49,57-60,65,85-87H,18-27,30-39H2,1-4H3,(H,72,89)(H,74,82)(H,90,91)(H,92,93)(H,75,77,88)(H,95,96,97)/t49-,57-,58?,59?,60-,65+,68?,69?,70?,71?/m0/s1. The number of rotatable bonds is 30. The van der Waals surface area contributed by atoms with Gasteiger partial charge in [-0.2, -0.15) is 13.5 Å². The maximum absolute atomic E-state index is 13.8. The van der Waals surface area contributed by atoms with Crippen molar-refractivity contribution >= 4 is 90.2 Å². The Kier molecular flexibility index (Phi) is 21.8. The number of fused-ring (bicyclic) bond motifs is 2. The number of ether oxygens (including phenoxy) is 6. The van der Waals surface area contributed by atoms with Crippen molar-refractivity contribution in [3.8, 4) is 22.6 Å². The molecule has 560 valence electrons. The highest BCUT2D eigenvalue weighted by atomic mass is 32.2. The maximum atomic E-state index is 13.8. The summed E-state index contributed by atoms with van der Waals surface area (Å²) in [5, 5.41) is 64.7. The van der Waals surface area contributed by atoms with Crippen molar-refractivity contribution in [2.45, 2.75) is 134 Å².